The number of carbonyl (C=O) groups excluding carboxylic acids is 1. The molecular formula is C12H10ClN3O2. The van der Waals surface area contributed by atoms with Gasteiger partial charge in [0.25, 0.3) is 5.91 Å². The fraction of sp³-hybridized carbons (Fsp3) is 0.0833. The average molecular weight is 264 g/mol. The van der Waals surface area contributed by atoms with Gasteiger partial charge in [-0.2, -0.15) is 0 Å². The van der Waals surface area contributed by atoms with Crippen molar-refractivity contribution in [2.75, 3.05) is 12.4 Å². The van der Waals surface area contributed by atoms with Gasteiger partial charge in [-0.05, 0) is 24.3 Å². The second-order valence-corrected chi connectivity index (χ2v) is 3.84. The highest BCUT2D eigenvalue weighted by atomic mass is 35.5. The molecule has 0 spiro atoms. The van der Waals surface area contributed by atoms with E-state index in [1.54, 1.807) is 24.3 Å². The van der Waals surface area contributed by atoms with E-state index in [0.717, 1.165) is 0 Å². The van der Waals surface area contributed by atoms with Crippen molar-refractivity contribution in [2.45, 2.75) is 0 Å². The highest BCUT2D eigenvalue weighted by molar-refractivity contribution is 6.30. The second kappa shape index (κ2) is 5.46. The first kappa shape index (κ1) is 12.3. The summed E-state index contributed by atoms with van der Waals surface area (Å²) in [5.74, 6) is 0.00396. The predicted molar refractivity (Wildman–Crippen MR) is 68.0 cm³/mol. The van der Waals surface area contributed by atoms with Crippen LogP contribution in [-0.2, 0) is 0 Å². The van der Waals surface area contributed by atoms with Crippen LogP contribution in [0.1, 0.15) is 10.5 Å². The third-order valence-electron chi connectivity index (χ3n) is 2.19. The molecule has 5 nitrogen and oxygen atoms in total. The molecule has 1 N–H and O–H groups in total. The minimum absolute atomic E-state index is 0.233. The van der Waals surface area contributed by atoms with Gasteiger partial charge in [0.15, 0.2) is 0 Å². The molecule has 0 bridgehead atoms. The van der Waals surface area contributed by atoms with Gasteiger partial charge in [0.2, 0.25) is 5.88 Å². The highest BCUT2D eigenvalue weighted by Gasteiger charge is 2.09. The highest BCUT2D eigenvalue weighted by Crippen LogP contribution is 2.14. The zero-order valence-corrected chi connectivity index (χ0v) is 10.3. The fourth-order valence-electron chi connectivity index (χ4n) is 1.30. The van der Waals surface area contributed by atoms with Gasteiger partial charge in [-0.25, -0.2) is 9.97 Å². The van der Waals surface area contributed by atoms with Crippen molar-refractivity contribution in [3.63, 3.8) is 0 Å². The molecule has 1 aromatic heterocycles. The molecule has 18 heavy (non-hydrogen) atoms. The van der Waals surface area contributed by atoms with Crippen molar-refractivity contribution in [1.82, 2.24) is 9.97 Å². The maximum absolute atomic E-state index is 11.9. The summed E-state index contributed by atoms with van der Waals surface area (Å²) in [6, 6.07) is 8.26. The largest absolute Gasteiger partial charge is 0.481 e. The Balaban J connectivity index is 2.14. The van der Waals surface area contributed by atoms with E-state index in [0.29, 0.717) is 16.6 Å². The van der Waals surface area contributed by atoms with Crippen LogP contribution in [0.2, 0.25) is 5.02 Å². The maximum Gasteiger partial charge on any atom is 0.274 e. The van der Waals surface area contributed by atoms with E-state index < -0.39 is 0 Å². The molecule has 0 unspecified atom stereocenters. The van der Waals surface area contributed by atoms with Crippen LogP contribution in [0.4, 0.5) is 5.69 Å². The Morgan fingerprint density at radius 2 is 2.00 bits per heavy atom. The summed E-state index contributed by atoms with van der Waals surface area (Å²) in [4.78, 5) is 19.6. The van der Waals surface area contributed by atoms with E-state index in [4.69, 9.17) is 16.3 Å². The Morgan fingerprint density at radius 3 is 2.67 bits per heavy atom. The summed E-state index contributed by atoms with van der Waals surface area (Å²) in [5, 5.41) is 3.30. The number of methoxy groups -OCH3 is 1. The molecular weight excluding hydrogens is 254 g/mol. The van der Waals surface area contributed by atoms with Crippen LogP contribution in [0.25, 0.3) is 0 Å². The van der Waals surface area contributed by atoms with E-state index in [1.165, 1.54) is 19.5 Å². The van der Waals surface area contributed by atoms with Gasteiger partial charge in [-0.1, -0.05) is 11.6 Å². The zero-order valence-electron chi connectivity index (χ0n) is 9.55. The molecule has 0 aliphatic carbocycles. The minimum Gasteiger partial charge on any atom is -0.481 e. The van der Waals surface area contributed by atoms with Gasteiger partial charge in [-0.15, -0.1) is 0 Å². The number of hydrogen-bond acceptors (Lipinski definition) is 4. The van der Waals surface area contributed by atoms with Crippen LogP contribution < -0.4 is 10.1 Å². The molecule has 1 amide bonds. The molecule has 0 radical (unpaired) electrons. The normalized spacial score (nSPS) is 9.89. The first-order valence-electron chi connectivity index (χ1n) is 5.12. The van der Waals surface area contributed by atoms with Crippen molar-refractivity contribution >= 4 is 23.2 Å². The summed E-state index contributed by atoms with van der Waals surface area (Å²) in [7, 11) is 1.48. The molecule has 1 aromatic carbocycles. The Bertz CT molecular complexity index is 558. The lowest BCUT2D eigenvalue weighted by Gasteiger charge is -2.05. The number of rotatable bonds is 3. The average Bonchev–Trinajstić information content (AvgIpc) is 2.41. The van der Waals surface area contributed by atoms with E-state index in [9.17, 15) is 4.79 Å². The minimum atomic E-state index is -0.335. The quantitative estimate of drug-likeness (QED) is 0.923. The number of benzene rings is 1. The molecule has 92 valence electrons. The molecule has 0 saturated carbocycles. The van der Waals surface area contributed by atoms with Gasteiger partial charge < -0.3 is 10.1 Å². The van der Waals surface area contributed by atoms with Crippen molar-refractivity contribution < 1.29 is 9.53 Å². The molecule has 2 rings (SSSR count). The number of amides is 1. The molecule has 6 heteroatoms. The molecule has 2 aromatic rings. The van der Waals surface area contributed by atoms with Crippen molar-refractivity contribution in [3.8, 4) is 5.88 Å². The Hall–Kier alpha value is -2.14. The first-order chi connectivity index (χ1) is 8.69. The third-order valence-corrected chi connectivity index (χ3v) is 2.44. The van der Waals surface area contributed by atoms with Gasteiger partial charge in [0.1, 0.15) is 12.0 Å². The second-order valence-electron chi connectivity index (χ2n) is 3.41. The fourth-order valence-corrected chi connectivity index (χ4v) is 1.43. The first-order valence-corrected chi connectivity index (χ1v) is 5.50. The lowest BCUT2D eigenvalue weighted by atomic mass is 10.3. The van der Waals surface area contributed by atoms with E-state index in [1.807, 2.05) is 0 Å². The van der Waals surface area contributed by atoms with Crippen LogP contribution in [0.15, 0.2) is 36.7 Å². The SMILES string of the molecule is COc1cc(C(=O)Nc2ccc(Cl)cc2)ncn1. The van der Waals surface area contributed by atoms with E-state index >= 15 is 0 Å². The molecule has 0 saturated heterocycles. The Kier molecular flexibility index (Phi) is 3.74. The molecule has 0 aliphatic heterocycles. The lowest BCUT2D eigenvalue weighted by Crippen LogP contribution is -2.13. The van der Waals surface area contributed by atoms with Crippen LogP contribution >= 0.6 is 11.6 Å². The molecule has 1 heterocycles. The number of anilines is 1. The standard InChI is InChI=1S/C12H10ClN3O2/c1-18-11-6-10(14-7-15-11)12(17)16-9-4-2-8(13)3-5-9/h2-7H,1H3,(H,16,17). The molecule has 0 aliphatic rings. The molecule has 0 atom stereocenters. The maximum atomic E-state index is 11.9. The van der Waals surface area contributed by atoms with Crippen molar-refractivity contribution in [2.24, 2.45) is 0 Å². The van der Waals surface area contributed by atoms with Crippen molar-refractivity contribution in [3.05, 3.63) is 47.4 Å². The van der Waals surface area contributed by atoms with Crippen LogP contribution in [0.3, 0.4) is 0 Å². The number of aromatic nitrogens is 2. The van der Waals surface area contributed by atoms with Crippen LogP contribution in [0, 0.1) is 0 Å². The molecule has 0 fully saturated rings. The van der Waals surface area contributed by atoms with E-state index in [-0.39, 0.29) is 11.6 Å². The lowest BCUT2D eigenvalue weighted by molar-refractivity contribution is 0.102. The summed E-state index contributed by atoms with van der Waals surface area (Å²) in [6.45, 7) is 0. The van der Waals surface area contributed by atoms with Gasteiger partial charge >= 0.3 is 0 Å². The third kappa shape index (κ3) is 2.95. The Labute approximate surface area is 109 Å². The summed E-state index contributed by atoms with van der Waals surface area (Å²) in [5.41, 5.74) is 0.874. The van der Waals surface area contributed by atoms with Gasteiger partial charge in [-0.3, -0.25) is 4.79 Å². The topological polar surface area (TPSA) is 64.1 Å². The Morgan fingerprint density at radius 1 is 1.28 bits per heavy atom. The van der Waals surface area contributed by atoms with Crippen LogP contribution in [-0.4, -0.2) is 23.0 Å². The van der Waals surface area contributed by atoms with E-state index in [2.05, 4.69) is 15.3 Å². The number of ether oxygens (including phenoxy) is 1. The summed E-state index contributed by atoms with van der Waals surface area (Å²) >= 11 is 5.75. The number of hydrogen-bond donors (Lipinski definition) is 1. The number of nitrogens with zero attached hydrogens (tertiary/aromatic N) is 2. The van der Waals surface area contributed by atoms with Gasteiger partial charge in [0, 0.05) is 16.8 Å². The number of carbonyl (C=O) groups is 1. The smallest absolute Gasteiger partial charge is 0.274 e. The predicted octanol–water partition coefficient (Wildman–Crippen LogP) is 2.39. The number of nitrogens with one attached hydrogen (secondary N) is 1. The van der Waals surface area contributed by atoms with Crippen LogP contribution in [0.5, 0.6) is 5.88 Å². The zero-order chi connectivity index (χ0) is 13.0. The number of halogens is 1. The summed E-state index contributed by atoms with van der Waals surface area (Å²) < 4.78 is 4.92. The summed E-state index contributed by atoms with van der Waals surface area (Å²) in [6.07, 6.45) is 1.27. The monoisotopic (exact) mass is 263 g/mol. The van der Waals surface area contributed by atoms with Gasteiger partial charge in [0.05, 0.1) is 7.11 Å². The van der Waals surface area contributed by atoms with Crippen molar-refractivity contribution in [1.29, 1.82) is 0 Å².